The van der Waals surface area contributed by atoms with Crippen LogP contribution in [0.5, 0.6) is 5.75 Å². The number of hydrogen-bond acceptors (Lipinski definition) is 4. The first-order valence-corrected chi connectivity index (χ1v) is 7.95. The first-order chi connectivity index (χ1) is 11.4. The Morgan fingerprint density at radius 1 is 0.880 bits per heavy atom. The van der Waals surface area contributed by atoms with Crippen molar-refractivity contribution in [3.8, 4) is 5.75 Å². The second kappa shape index (κ2) is 7.40. The van der Waals surface area contributed by atoms with Gasteiger partial charge in [0.05, 0.1) is 24.5 Å². The van der Waals surface area contributed by atoms with E-state index in [1.54, 1.807) is 12.1 Å². The predicted molar refractivity (Wildman–Crippen MR) is 97.5 cm³/mol. The van der Waals surface area contributed by atoms with Crippen molar-refractivity contribution in [3.63, 3.8) is 0 Å². The summed E-state index contributed by atoms with van der Waals surface area (Å²) < 4.78 is 3.77. The fourth-order valence-electron chi connectivity index (χ4n) is 2.72. The Bertz CT molecular complexity index is 749. The van der Waals surface area contributed by atoms with Crippen molar-refractivity contribution in [2.45, 2.75) is 26.9 Å². The standard InChI is InChI=1S/C18H23N5O.H2O/c1-13-9-15(19-21(13)3)11-23(17-5-7-18(24)8-6-17)12-16-10-14(2)22(4)20-16;/h5-10,24H,11-12H2,1-4H3;1H2. The molecule has 0 aliphatic carbocycles. The van der Waals surface area contributed by atoms with E-state index >= 15 is 0 Å². The average Bonchev–Trinajstić information content (AvgIpc) is 3.01. The lowest BCUT2D eigenvalue weighted by molar-refractivity contribution is 0.475. The summed E-state index contributed by atoms with van der Waals surface area (Å²) in [5.41, 5.74) is 5.31. The molecule has 0 saturated carbocycles. The topological polar surface area (TPSA) is 90.6 Å². The van der Waals surface area contributed by atoms with Crippen molar-refractivity contribution in [2.75, 3.05) is 4.90 Å². The highest BCUT2D eigenvalue weighted by atomic mass is 16.3. The molecule has 7 nitrogen and oxygen atoms in total. The fourth-order valence-corrected chi connectivity index (χ4v) is 2.72. The maximum atomic E-state index is 9.55. The van der Waals surface area contributed by atoms with E-state index in [4.69, 9.17) is 0 Å². The molecular weight excluding hydrogens is 318 g/mol. The van der Waals surface area contributed by atoms with Crippen molar-refractivity contribution < 1.29 is 10.6 Å². The molecule has 3 rings (SSSR count). The number of benzene rings is 1. The molecule has 0 atom stereocenters. The van der Waals surface area contributed by atoms with Crippen molar-refractivity contribution in [1.29, 1.82) is 0 Å². The second-order valence-corrected chi connectivity index (χ2v) is 6.17. The zero-order valence-corrected chi connectivity index (χ0v) is 15.1. The van der Waals surface area contributed by atoms with Gasteiger partial charge in [-0.05, 0) is 50.2 Å². The molecule has 25 heavy (non-hydrogen) atoms. The minimum absolute atomic E-state index is 0. The molecule has 0 aliphatic rings. The van der Waals surface area contributed by atoms with Crippen LogP contribution >= 0.6 is 0 Å². The molecular formula is C18H25N5O2. The van der Waals surface area contributed by atoms with Gasteiger partial charge >= 0.3 is 0 Å². The molecule has 0 amide bonds. The number of aryl methyl sites for hydroxylation is 4. The molecule has 2 heterocycles. The number of anilines is 1. The zero-order valence-electron chi connectivity index (χ0n) is 15.1. The lowest BCUT2D eigenvalue weighted by Gasteiger charge is -2.23. The predicted octanol–water partition coefficient (Wildman–Crippen LogP) is 1.86. The van der Waals surface area contributed by atoms with Crippen LogP contribution in [0.15, 0.2) is 36.4 Å². The van der Waals surface area contributed by atoms with E-state index in [1.807, 2.05) is 49.4 Å². The lowest BCUT2D eigenvalue weighted by atomic mass is 10.2. The SMILES string of the molecule is Cc1cc(CN(Cc2cc(C)n(C)n2)c2ccc(O)cc2)nn1C.O. The van der Waals surface area contributed by atoms with E-state index in [9.17, 15) is 5.11 Å². The largest absolute Gasteiger partial charge is 0.508 e. The normalized spacial score (nSPS) is 10.6. The molecule has 0 radical (unpaired) electrons. The van der Waals surface area contributed by atoms with E-state index in [-0.39, 0.29) is 11.2 Å². The van der Waals surface area contributed by atoms with Gasteiger partial charge in [0.25, 0.3) is 0 Å². The van der Waals surface area contributed by atoms with Gasteiger partial charge in [0.1, 0.15) is 5.75 Å². The number of rotatable bonds is 5. The van der Waals surface area contributed by atoms with Crippen LogP contribution in [0.4, 0.5) is 5.69 Å². The Kier molecular flexibility index (Phi) is 5.48. The Morgan fingerprint density at radius 2 is 1.32 bits per heavy atom. The van der Waals surface area contributed by atoms with Crippen molar-refractivity contribution in [3.05, 3.63) is 59.2 Å². The molecule has 0 unspecified atom stereocenters. The van der Waals surface area contributed by atoms with Gasteiger partial charge in [-0.25, -0.2) is 0 Å². The minimum atomic E-state index is 0. The molecule has 0 fully saturated rings. The highest BCUT2D eigenvalue weighted by molar-refractivity contribution is 5.49. The Balaban J connectivity index is 0.00000225. The Hall–Kier alpha value is -2.80. The minimum Gasteiger partial charge on any atom is -0.508 e. The van der Waals surface area contributed by atoms with E-state index in [1.165, 1.54) is 0 Å². The van der Waals surface area contributed by atoms with Crippen LogP contribution in [-0.4, -0.2) is 30.1 Å². The van der Waals surface area contributed by atoms with Gasteiger partial charge in [0.2, 0.25) is 0 Å². The smallest absolute Gasteiger partial charge is 0.115 e. The summed E-state index contributed by atoms with van der Waals surface area (Å²) in [6, 6.07) is 11.4. The van der Waals surface area contributed by atoms with Gasteiger partial charge in [-0.15, -0.1) is 0 Å². The number of phenols is 1. The van der Waals surface area contributed by atoms with Crippen LogP contribution in [0.2, 0.25) is 0 Å². The summed E-state index contributed by atoms with van der Waals surface area (Å²) in [5, 5.41) is 18.7. The van der Waals surface area contributed by atoms with Crippen LogP contribution in [0, 0.1) is 13.8 Å². The van der Waals surface area contributed by atoms with Gasteiger partial charge in [-0.3, -0.25) is 9.36 Å². The molecule has 134 valence electrons. The summed E-state index contributed by atoms with van der Waals surface area (Å²) in [4.78, 5) is 2.21. The highest BCUT2D eigenvalue weighted by Crippen LogP contribution is 2.22. The highest BCUT2D eigenvalue weighted by Gasteiger charge is 2.13. The van der Waals surface area contributed by atoms with Crippen LogP contribution in [-0.2, 0) is 27.2 Å². The zero-order chi connectivity index (χ0) is 17.3. The van der Waals surface area contributed by atoms with Crippen molar-refractivity contribution >= 4 is 5.69 Å². The van der Waals surface area contributed by atoms with Crippen LogP contribution in [0.1, 0.15) is 22.8 Å². The first kappa shape index (κ1) is 18.5. The Labute approximate surface area is 147 Å². The van der Waals surface area contributed by atoms with Gasteiger partial charge in [0, 0.05) is 31.2 Å². The van der Waals surface area contributed by atoms with Gasteiger partial charge in [-0.2, -0.15) is 10.2 Å². The molecule has 0 aliphatic heterocycles. The van der Waals surface area contributed by atoms with Crippen molar-refractivity contribution in [2.24, 2.45) is 14.1 Å². The summed E-state index contributed by atoms with van der Waals surface area (Å²) in [5.74, 6) is 0.265. The molecule has 3 N–H and O–H groups in total. The first-order valence-electron chi connectivity index (χ1n) is 7.95. The number of aromatic nitrogens is 4. The third-order valence-electron chi connectivity index (χ3n) is 4.25. The van der Waals surface area contributed by atoms with E-state index in [0.29, 0.717) is 13.1 Å². The third-order valence-corrected chi connectivity index (χ3v) is 4.25. The van der Waals surface area contributed by atoms with Crippen molar-refractivity contribution in [1.82, 2.24) is 19.6 Å². The van der Waals surface area contributed by atoms with E-state index in [0.717, 1.165) is 28.5 Å². The molecule has 1 aromatic carbocycles. The number of hydrogen-bond donors (Lipinski definition) is 1. The molecule has 2 aromatic heterocycles. The average molecular weight is 343 g/mol. The van der Waals surface area contributed by atoms with E-state index < -0.39 is 0 Å². The molecule has 0 spiro atoms. The summed E-state index contributed by atoms with van der Waals surface area (Å²) in [6.45, 7) is 5.46. The maximum Gasteiger partial charge on any atom is 0.115 e. The summed E-state index contributed by atoms with van der Waals surface area (Å²) in [7, 11) is 3.90. The van der Waals surface area contributed by atoms with Crippen LogP contribution in [0.3, 0.4) is 0 Å². The molecule has 0 saturated heterocycles. The van der Waals surface area contributed by atoms with E-state index in [2.05, 4.69) is 27.2 Å². The molecule has 7 heteroatoms. The number of aromatic hydroxyl groups is 1. The fraction of sp³-hybridized carbons (Fsp3) is 0.333. The van der Waals surface area contributed by atoms with Gasteiger partial charge in [0.15, 0.2) is 0 Å². The number of nitrogens with zero attached hydrogens (tertiary/aromatic N) is 5. The third kappa shape index (κ3) is 4.19. The van der Waals surface area contributed by atoms with Crippen LogP contribution < -0.4 is 4.90 Å². The summed E-state index contributed by atoms with van der Waals surface area (Å²) >= 11 is 0. The molecule has 3 aromatic rings. The molecule has 0 bridgehead atoms. The van der Waals surface area contributed by atoms with Gasteiger partial charge in [-0.1, -0.05) is 0 Å². The lowest BCUT2D eigenvalue weighted by Crippen LogP contribution is -2.22. The monoisotopic (exact) mass is 343 g/mol. The second-order valence-electron chi connectivity index (χ2n) is 6.17. The summed E-state index contributed by atoms with van der Waals surface area (Å²) in [6.07, 6.45) is 0. The van der Waals surface area contributed by atoms with Crippen LogP contribution in [0.25, 0.3) is 0 Å². The number of phenolic OH excluding ortho intramolecular Hbond substituents is 1. The quantitative estimate of drug-likeness (QED) is 0.765. The van der Waals surface area contributed by atoms with Gasteiger partial charge < -0.3 is 15.5 Å². The maximum absolute atomic E-state index is 9.55. The Morgan fingerprint density at radius 3 is 1.68 bits per heavy atom.